The topological polar surface area (TPSA) is 64.3 Å². The Morgan fingerprint density at radius 1 is 1.27 bits per heavy atom. The number of nitrogens with one attached hydrogen (secondary N) is 2. The second-order valence-corrected chi connectivity index (χ2v) is 7.86. The van der Waals surface area contributed by atoms with E-state index < -0.39 is 0 Å². The van der Waals surface area contributed by atoms with Crippen LogP contribution in [0.2, 0.25) is 0 Å². The van der Waals surface area contributed by atoms with Crippen molar-refractivity contribution in [3.05, 3.63) is 29.6 Å². The number of likely N-dealkylation sites (N-methyl/N-ethyl adjacent to an activating group) is 1. The van der Waals surface area contributed by atoms with Gasteiger partial charge in [0.25, 0.3) is 0 Å². The lowest BCUT2D eigenvalue weighted by Crippen LogP contribution is -2.41. The Labute approximate surface area is 156 Å². The Morgan fingerprint density at radius 2 is 2.08 bits per heavy atom. The second-order valence-electron chi connectivity index (χ2n) is 7.86. The summed E-state index contributed by atoms with van der Waals surface area (Å²) in [6.07, 6.45) is 1.11. The van der Waals surface area contributed by atoms with Gasteiger partial charge in [0.05, 0.1) is 23.6 Å². The molecule has 1 atom stereocenters. The number of carbonyl (C=O) groups is 1. The molecule has 0 spiro atoms. The predicted octanol–water partition coefficient (Wildman–Crippen LogP) is 2.32. The van der Waals surface area contributed by atoms with Crippen molar-refractivity contribution in [3.8, 4) is 0 Å². The number of aryl methyl sites for hydroxylation is 1. The average molecular weight is 358 g/mol. The van der Waals surface area contributed by atoms with Gasteiger partial charge in [0.1, 0.15) is 5.82 Å². The molecule has 26 heavy (non-hydrogen) atoms. The molecule has 6 nitrogen and oxygen atoms in total. The molecule has 0 saturated carbocycles. The summed E-state index contributed by atoms with van der Waals surface area (Å²) in [4.78, 5) is 25.3. The highest BCUT2D eigenvalue weighted by Crippen LogP contribution is 2.22. The van der Waals surface area contributed by atoms with E-state index in [1.165, 1.54) is 5.56 Å². The molecule has 2 aromatic rings. The first-order valence-corrected chi connectivity index (χ1v) is 9.59. The van der Waals surface area contributed by atoms with Crippen LogP contribution in [-0.4, -0.2) is 65.4 Å². The molecule has 142 valence electrons. The summed E-state index contributed by atoms with van der Waals surface area (Å²) in [5.41, 5.74) is 3.17. The molecular weight excluding hydrogens is 326 g/mol. The van der Waals surface area contributed by atoms with E-state index in [2.05, 4.69) is 60.1 Å². The van der Waals surface area contributed by atoms with Gasteiger partial charge in [-0.05, 0) is 57.1 Å². The smallest absolute Gasteiger partial charge is 0.234 e. The van der Waals surface area contributed by atoms with E-state index in [-0.39, 0.29) is 17.9 Å². The number of fused-ring (bicyclic) bond motifs is 1. The molecule has 1 aliphatic heterocycles. The van der Waals surface area contributed by atoms with Crippen LogP contribution in [0.15, 0.2) is 18.2 Å². The molecule has 6 heteroatoms. The Morgan fingerprint density at radius 3 is 2.85 bits per heavy atom. The largest absolute Gasteiger partial charge is 0.345 e. The lowest BCUT2D eigenvalue weighted by molar-refractivity contribution is -0.123. The van der Waals surface area contributed by atoms with Crippen molar-refractivity contribution in [3.63, 3.8) is 0 Å². The van der Waals surface area contributed by atoms with Crippen LogP contribution >= 0.6 is 0 Å². The summed E-state index contributed by atoms with van der Waals surface area (Å²) in [6.45, 7) is 10.8. The van der Waals surface area contributed by atoms with Crippen molar-refractivity contribution >= 4 is 16.9 Å². The van der Waals surface area contributed by atoms with E-state index in [1.807, 2.05) is 6.07 Å². The van der Waals surface area contributed by atoms with E-state index in [0.29, 0.717) is 6.54 Å². The van der Waals surface area contributed by atoms with Crippen LogP contribution in [0.4, 0.5) is 0 Å². The van der Waals surface area contributed by atoms with E-state index in [1.54, 1.807) is 0 Å². The number of rotatable bonds is 5. The number of imidazole rings is 1. The quantitative estimate of drug-likeness (QED) is 0.862. The van der Waals surface area contributed by atoms with E-state index in [4.69, 9.17) is 4.98 Å². The van der Waals surface area contributed by atoms with Gasteiger partial charge < -0.3 is 15.2 Å². The Kier molecular flexibility index (Phi) is 5.94. The van der Waals surface area contributed by atoms with Crippen LogP contribution in [0, 0.1) is 12.8 Å². The highest BCUT2D eigenvalue weighted by Gasteiger charge is 2.23. The third-order valence-electron chi connectivity index (χ3n) is 5.11. The van der Waals surface area contributed by atoms with E-state index >= 15 is 0 Å². The standard InChI is InChI=1S/C20H31N5O/c1-14(2)19(20-21-16-7-6-15(3)12-17(16)22-20)23-18(26)13-25-9-5-8-24(4)10-11-25/h6-7,12,14,19H,5,8-11,13H2,1-4H3,(H,21,22)(H,23,26). The van der Waals surface area contributed by atoms with Gasteiger partial charge in [-0.15, -0.1) is 0 Å². The van der Waals surface area contributed by atoms with Crippen molar-refractivity contribution in [2.45, 2.75) is 33.2 Å². The number of aromatic nitrogens is 2. The second kappa shape index (κ2) is 8.18. The monoisotopic (exact) mass is 357 g/mol. The SMILES string of the molecule is Cc1ccc2nc(C(NC(=O)CN3CCCN(C)CC3)C(C)C)[nH]c2c1. The molecular formula is C20H31N5O. The predicted molar refractivity (Wildman–Crippen MR) is 105 cm³/mol. The zero-order chi connectivity index (χ0) is 18.7. The van der Waals surface area contributed by atoms with Gasteiger partial charge in [-0.3, -0.25) is 9.69 Å². The summed E-state index contributed by atoms with van der Waals surface area (Å²) in [5.74, 6) is 1.17. The number of aromatic amines is 1. The minimum atomic E-state index is -0.107. The number of carbonyl (C=O) groups excluding carboxylic acids is 1. The summed E-state index contributed by atoms with van der Waals surface area (Å²) in [6, 6.07) is 6.08. The summed E-state index contributed by atoms with van der Waals surface area (Å²) >= 11 is 0. The third kappa shape index (κ3) is 4.62. The molecule has 1 saturated heterocycles. The molecule has 2 N–H and O–H groups in total. The molecule has 1 aliphatic rings. The van der Waals surface area contributed by atoms with Crippen LogP contribution in [0.3, 0.4) is 0 Å². The highest BCUT2D eigenvalue weighted by atomic mass is 16.2. The van der Waals surface area contributed by atoms with Crippen LogP contribution in [-0.2, 0) is 4.79 Å². The first kappa shape index (κ1) is 18.9. The van der Waals surface area contributed by atoms with Gasteiger partial charge in [0, 0.05) is 13.1 Å². The maximum Gasteiger partial charge on any atom is 0.234 e. The van der Waals surface area contributed by atoms with Gasteiger partial charge in [-0.1, -0.05) is 19.9 Å². The summed E-state index contributed by atoms with van der Waals surface area (Å²) in [7, 11) is 2.14. The number of amides is 1. The van der Waals surface area contributed by atoms with Crippen molar-refractivity contribution in [2.24, 2.45) is 5.92 Å². The first-order chi connectivity index (χ1) is 12.4. The summed E-state index contributed by atoms with van der Waals surface area (Å²) in [5, 5.41) is 3.20. The maximum atomic E-state index is 12.7. The van der Waals surface area contributed by atoms with Gasteiger partial charge in [0.15, 0.2) is 0 Å². The summed E-state index contributed by atoms with van der Waals surface area (Å²) < 4.78 is 0. The van der Waals surface area contributed by atoms with E-state index in [0.717, 1.165) is 49.5 Å². The molecule has 0 radical (unpaired) electrons. The maximum absolute atomic E-state index is 12.7. The van der Waals surface area contributed by atoms with Gasteiger partial charge >= 0.3 is 0 Å². The molecule has 0 aliphatic carbocycles. The fourth-order valence-electron chi connectivity index (χ4n) is 3.52. The Hall–Kier alpha value is -1.92. The zero-order valence-corrected chi connectivity index (χ0v) is 16.4. The number of hydrogen-bond donors (Lipinski definition) is 2. The lowest BCUT2D eigenvalue weighted by Gasteiger charge is -2.24. The molecule has 1 aromatic carbocycles. The molecule has 1 amide bonds. The molecule has 1 fully saturated rings. The molecule has 1 aromatic heterocycles. The number of benzene rings is 1. The minimum Gasteiger partial charge on any atom is -0.345 e. The van der Waals surface area contributed by atoms with Crippen LogP contribution in [0.25, 0.3) is 11.0 Å². The van der Waals surface area contributed by atoms with Crippen molar-refractivity contribution in [1.82, 2.24) is 25.1 Å². The average Bonchev–Trinajstić information content (AvgIpc) is 2.88. The van der Waals surface area contributed by atoms with E-state index in [9.17, 15) is 4.79 Å². The van der Waals surface area contributed by atoms with Gasteiger partial charge in [-0.25, -0.2) is 4.98 Å². The van der Waals surface area contributed by atoms with Gasteiger partial charge in [-0.2, -0.15) is 0 Å². The third-order valence-corrected chi connectivity index (χ3v) is 5.11. The molecule has 3 rings (SSSR count). The molecule has 1 unspecified atom stereocenters. The minimum absolute atomic E-state index is 0.0740. The number of hydrogen-bond acceptors (Lipinski definition) is 4. The highest BCUT2D eigenvalue weighted by molar-refractivity contribution is 5.79. The number of nitrogens with zero attached hydrogens (tertiary/aromatic N) is 3. The molecule has 2 heterocycles. The Balaban J connectivity index is 1.68. The van der Waals surface area contributed by atoms with Gasteiger partial charge in [0.2, 0.25) is 5.91 Å². The van der Waals surface area contributed by atoms with Crippen LogP contribution < -0.4 is 5.32 Å². The number of H-pyrrole nitrogens is 1. The lowest BCUT2D eigenvalue weighted by atomic mass is 10.0. The molecule has 0 bridgehead atoms. The fraction of sp³-hybridized carbons (Fsp3) is 0.600. The van der Waals surface area contributed by atoms with Crippen molar-refractivity contribution in [1.29, 1.82) is 0 Å². The Bertz CT molecular complexity index is 754. The van der Waals surface area contributed by atoms with Crippen molar-refractivity contribution < 1.29 is 4.79 Å². The normalized spacial score (nSPS) is 18.2. The zero-order valence-electron chi connectivity index (χ0n) is 16.4. The first-order valence-electron chi connectivity index (χ1n) is 9.59. The van der Waals surface area contributed by atoms with Crippen LogP contribution in [0.1, 0.15) is 37.7 Å². The fourth-order valence-corrected chi connectivity index (χ4v) is 3.52. The van der Waals surface area contributed by atoms with Crippen LogP contribution in [0.5, 0.6) is 0 Å². The van der Waals surface area contributed by atoms with Crippen molar-refractivity contribution in [2.75, 3.05) is 39.8 Å².